The van der Waals surface area contributed by atoms with Crippen molar-refractivity contribution in [3.05, 3.63) is 21.7 Å². The van der Waals surface area contributed by atoms with E-state index in [2.05, 4.69) is 11.9 Å². The topological polar surface area (TPSA) is 118 Å². The fourth-order valence-corrected chi connectivity index (χ4v) is 6.18. The first-order valence-corrected chi connectivity index (χ1v) is 15.6. The van der Waals surface area contributed by atoms with Crippen LogP contribution in [0.15, 0.2) is 15.9 Å². The van der Waals surface area contributed by atoms with E-state index < -0.39 is 35.6 Å². The molecule has 8 nitrogen and oxygen atoms in total. The maximum Gasteiger partial charge on any atom is 0.309 e. The summed E-state index contributed by atoms with van der Waals surface area (Å²) >= 11 is 1.55. The maximum absolute atomic E-state index is 13.4. The van der Waals surface area contributed by atoms with E-state index >= 15 is 0 Å². The molecule has 0 aromatic carbocycles. The molecule has 1 saturated heterocycles. The Morgan fingerprint density at radius 1 is 1.20 bits per heavy atom. The number of rotatable bonds is 5. The minimum absolute atomic E-state index is 0.0804. The van der Waals surface area contributed by atoms with Crippen LogP contribution in [-0.2, 0) is 19.1 Å². The molecule has 0 aliphatic carbocycles. The third-order valence-electron chi connectivity index (χ3n) is 8.51. The van der Waals surface area contributed by atoms with Crippen molar-refractivity contribution in [3.8, 4) is 0 Å². The van der Waals surface area contributed by atoms with Crippen molar-refractivity contribution in [1.82, 2.24) is 4.98 Å². The molecule has 0 spiro atoms. The summed E-state index contributed by atoms with van der Waals surface area (Å²) in [5.41, 5.74) is 0.413. The average Bonchev–Trinajstić information content (AvgIpc) is 3.49. The molecule has 9 heteroatoms. The minimum atomic E-state index is -1.25. The molecule has 0 bridgehead atoms. The van der Waals surface area contributed by atoms with E-state index in [4.69, 9.17) is 14.5 Å². The number of thiazole rings is 1. The highest BCUT2D eigenvalue weighted by atomic mass is 32.1. The van der Waals surface area contributed by atoms with Gasteiger partial charge in [-0.25, -0.2) is 9.98 Å². The number of nitrogens with zero attached hydrogens (tertiary/aromatic N) is 2. The SMILES string of the molecule is CCCCC1=NC2CCC[C@H](C)[C@H](O)[C@@H](C)C(=O)C(C)(C)[C@@H](O)CC(=O)O[C@H](/C(C)=C/c3csc(C)n3)C[C@@H]2O1. The monoisotopic (exact) mass is 576 g/mol. The highest BCUT2D eigenvalue weighted by Crippen LogP contribution is 2.34. The number of unbranched alkanes of at least 4 members (excludes halogenated alkanes) is 1. The highest BCUT2D eigenvalue weighted by Gasteiger charge is 2.43. The molecule has 0 saturated carbocycles. The lowest BCUT2D eigenvalue weighted by atomic mass is 9.73. The van der Waals surface area contributed by atoms with E-state index in [1.165, 1.54) is 0 Å². The number of Topliss-reactive ketones (excluding diaryl/α,β-unsaturated/α-hetero) is 1. The van der Waals surface area contributed by atoms with Gasteiger partial charge in [-0.05, 0) is 50.7 Å². The van der Waals surface area contributed by atoms with Crippen LogP contribution in [0.1, 0.15) is 104 Å². The molecule has 224 valence electrons. The normalized spacial score (nSPS) is 32.7. The van der Waals surface area contributed by atoms with E-state index in [1.54, 1.807) is 32.1 Å². The second kappa shape index (κ2) is 14.2. The molecule has 2 N–H and O–H groups in total. The second-order valence-corrected chi connectivity index (χ2v) is 13.3. The van der Waals surface area contributed by atoms with Gasteiger partial charge in [0.2, 0.25) is 0 Å². The Morgan fingerprint density at radius 3 is 2.58 bits per heavy atom. The number of ketones is 1. The summed E-state index contributed by atoms with van der Waals surface area (Å²) in [5.74, 6) is -0.880. The van der Waals surface area contributed by atoms with Gasteiger partial charge in [0.1, 0.15) is 18.0 Å². The zero-order valence-corrected chi connectivity index (χ0v) is 26.0. The number of carbonyl (C=O) groups excluding carboxylic acids is 2. The largest absolute Gasteiger partial charge is 0.475 e. The first kappa shape index (κ1) is 32.4. The molecule has 1 aromatic rings. The zero-order chi connectivity index (χ0) is 29.6. The first-order valence-electron chi connectivity index (χ1n) is 14.8. The molecule has 2 aliphatic rings. The molecule has 7 atom stereocenters. The third-order valence-corrected chi connectivity index (χ3v) is 9.30. The molecule has 2 aliphatic heterocycles. The van der Waals surface area contributed by atoms with Gasteiger partial charge < -0.3 is 19.7 Å². The molecular weight excluding hydrogens is 528 g/mol. The summed E-state index contributed by atoms with van der Waals surface area (Å²) in [5, 5.41) is 24.9. The number of cyclic esters (lactones) is 1. The number of esters is 1. The van der Waals surface area contributed by atoms with Crippen LogP contribution in [0.3, 0.4) is 0 Å². The van der Waals surface area contributed by atoms with Gasteiger partial charge in [-0.2, -0.15) is 0 Å². The van der Waals surface area contributed by atoms with Crippen LogP contribution in [0.4, 0.5) is 0 Å². The molecular formula is C31H48N2O6S. The van der Waals surface area contributed by atoms with Gasteiger partial charge in [-0.15, -0.1) is 11.3 Å². The molecule has 40 heavy (non-hydrogen) atoms. The number of hydrogen-bond acceptors (Lipinski definition) is 9. The van der Waals surface area contributed by atoms with Gasteiger partial charge in [0.15, 0.2) is 5.90 Å². The number of aromatic nitrogens is 1. The van der Waals surface area contributed by atoms with Crippen molar-refractivity contribution in [2.24, 2.45) is 22.2 Å². The number of aliphatic hydroxyl groups is 2. The Morgan fingerprint density at radius 2 is 1.93 bits per heavy atom. The summed E-state index contributed by atoms with van der Waals surface area (Å²) in [6.07, 6.45) is 4.22. The van der Waals surface area contributed by atoms with Crippen molar-refractivity contribution in [2.75, 3.05) is 0 Å². The maximum atomic E-state index is 13.4. The number of aryl methyl sites for hydroxylation is 1. The van der Waals surface area contributed by atoms with E-state index in [0.717, 1.165) is 60.7 Å². The van der Waals surface area contributed by atoms with E-state index in [-0.39, 0.29) is 30.3 Å². The molecule has 1 unspecified atom stereocenters. The molecule has 0 amide bonds. The molecule has 3 rings (SSSR count). The summed E-state index contributed by atoms with van der Waals surface area (Å²) in [4.78, 5) is 36.0. The van der Waals surface area contributed by atoms with Crippen LogP contribution in [0.2, 0.25) is 0 Å². The van der Waals surface area contributed by atoms with Gasteiger partial charge in [0.05, 0.1) is 40.8 Å². The molecule has 1 fully saturated rings. The van der Waals surface area contributed by atoms with Crippen LogP contribution in [0.25, 0.3) is 6.08 Å². The zero-order valence-electron chi connectivity index (χ0n) is 25.2. The standard InChI is InChI=1S/C31H48N2O6S/c1-8-9-13-27-33-23-12-10-11-18(2)29(36)20(4)30(37)31(6,7)26(34)16-28(35)39-24(15-25(23)38-27)19(3)14-22-17-40-21(5)32-22/h14,17-18,20,23-26,29,34,36H,8-13,15-16H2,1-7H3/b19-14+/t18-,20+,23?,24-,25-,26-,29-/m0/s1. The molecule has 3 heterocycles. The first-order chi connectivity index (χ1) is 18.8. The van der Waals surface area contributed by atoms with Crippen molar-refractivity contribution in [1.29, 1.82) is 0 Å². The van der Waals surface area contributed by atoms with Gasteiger partial charge >= 0.3 is 5.97 Å². The van der Waals surface area contributed by atoms with Crippen LogP contribution in [-0.4, -0.2) is 63.3 Å². The summed E-state index contributed by atoms with van der Waals surface area (Å²) < 4.78 is 12.3. The van der Waals surface area contributed by atoms with E-state index in [9.17, 15) is 19.8 Å². The van der Waals surface area contributed by atoms with E-state index in [0.29, 0.717) is 6.42 Å². The Balaban J connectivity index is 1.93. The van der Waals surface area contributed by atoms with Gasteiger partial charge in [-0.3, -0.25) is 9.59 Å². The van der Waals surface area contributed by atoms with Crippen LogP contribution < -0.4 is 0 Å². The number of hydrogen-bond donors (Lipinski definition) is 2. The molecule has 0 radical (unpaired) electrons. The predicted octanol–water partition coefficient (Wildman–Crippen LogP) is 5.68. The molecule has 1 aromatic heterocycles. The summed E-state index contributed by atoms with van der Waals surface area (Å²) in [6.45, 7) is 12.9. The third kappa shape index (κ3) is 8.23. The number of aliphatic imine (C=N–C) groups is 1. The number of aliphatic hydroxyl groups excluding tert-OH is 2. The Labute approximate surface area is 243 Å². The van der Waals surface area contributed by atoms with Crippen molar-refractivity contribution in [2.45, 2.75) is 130 Å². The number of fused-ring (bicyclic) bond motifs is 1. The quantitative estimate of drug-likeness (QED) is 0.433. The summed E-state index contributed by atoms with van der Waals surface area (Å²) in [7, 11) is 0. The highest BCUT2D eigenvalue weighted by molar-refractivity contribution is 7.09. The van der Waals surface area contributed by atoms with Crippen LogP contribution in [0, 0.1) is 24.2 Å². The fraction of sp³-hybridized carbons (Fsp3) is 0.742. The number of carbonyl (C=O) groups is 2. The van der Waals surface area contributed by atoms with Crippen LogP contribution in [0.5, 0.6) is 0 Å². The predicted molar refractivity (Wildman–Crippen MR) is 158 cm³/mol. The van der Waals surface area contributed by atoms with Gasteiger partial charge in [0, 0.05) is 24.1 Å². The van der Waals surface area contributed by atoms with Gasteiger partial charge in [0.25, 0.3) is 0 Å². The Hall–Kier alpha value is -2.10. The summed E-state index contributed by atoms with van der Waals surface area (Å²) in [6, 6.07) is -0.0804. The Bertz CT molecular complexity index is 1080. The van der Waals surface area contributed by atoms with Gasteiger partial charge in [-0.1, -0.05) is 47.5 Å². The minimum Gasteiger partial charge on any atom is -0.475 e. The van der Waals surface area contributed by atoms with Crippen LogP contribution >= 0.6 is 11.3 Å². The Kier molecular flexibility index (Phi) is 11.5. The van der Waals surface area contributed by atoms with Crippen molar-refractivity contribution in [3.63, 3.8) is 0 Å². The average molecular weight is 577 g/mol. The lowest BCUT2D eigenvalue weighted by molar-refractivity contribution is -0.155. The smallest absolute Gasteiger partial charge is 0.309 e. The van der Waals surface area contributed by atoms with Crippen molar-refractivity contribution >= 4 is 35.1 Å². The number of ether oxygens (including phenoxy) is 2. The fourth-order valence-electron chi connectivity index (χ4n) is 5.61. The lowest BCUT2D eigenvalue weighted by Gasteiger charge is -2.34. The van der Waals surface area contributed by atoms with Crippen molar-refractivity contribution < 1.29 is 29.3 Å². The van der Waals surface area contributed by atoms with E-state index in [1.807, 2.05) is 32.2 Å². The second-order valence-electron chi connectivity index (χ2n) is 12.2. The lowest BCUT2D eigenvalue weighted by Crippen LogP contribution is -2.46.